The van der Waals surface area contributed by atoms with E-state index in [1.54, 1.807) is 22.5 Å². The molecular weight excluding hydrogens is 276 g/mol. The number of nitrogens with one attached hydrogen (secondary N) is 1. The molecule has 1 aliphatic carbocycles. The third-order valence-electron chi connectivity index (χ3n) is 4.52. The lowest BCUT2D eigenvalue weighted by atomic mass is 9.79. The summed E-state index contributed by atoms with van der Waals surface area (Å²) in [4.78, 5) is 5.63. The maximum Gasteiger partial charge on any atom is 0.0794 e. The number of fused-ring (bicyclic) bond motifs is 1. The van der Waals surface area contributed by atoms with E-state index in [9.17, 15) is 0 Å². The standard InChI is InChI=1S/C18H24N2S/c1-2-9-20-18(11-17-12-19-13-21-17)16-8-7-14-5-3-4-6-15(14)10-16/h3-6,12-13,16,18,20H,2,7-11H2,1H3. The number of aryl methyl sites for hydroxylation is 1. The quantitative estimate of drug-likeness (QED) is 0.876. The molecule has 0 fully saturated rings. The number of thiazole rings is 1. The molecule has 2 unspecified atom stereocenters. The highest BCUT2D eigenvalue weighted by atomic mass is 32.1. The summed E-state index contributed by atoms with van der Waals surface area (Å²) < 4.78 is 0. The molecule has 21 heavy (non-hydrogen) atoms. The summed E-state index contributed by atoms with van der Waals surface area (Å²) in [6.07, 6.45) is 8.10. The van der Waals surface area contributed by atoms with Crippen LogP contribution in [0, 0.1) is 5.92 Å². The van der Waals surface area contributed by atoms with Gasteiger partial charge in [-0.25, -0.2) is 0 Å². The maximum absolute atomic E-state index is 4.23. The lowest BCUT2D eigenvalue weighted by Crippen LogP contribution is -2.40. The van der Waals surface area contributed by atoms with Crippen molar-refractivity contribution in [2.24, 2.45) is 5.92 Å². The summed E-state index contributed by atoms with van der Waals surface area (Å²) in [5, 5.41) is 3.79. The minimum atomic E-state index is 0.582. The largest absolute Gasteiger partial charge is 0.313 e. The van der Waals surface area contributed by atoms with Crippen molar-refractivity contribution in [2.45, 2.75) is 45.1 Å². The van der Waals surface area contributed by atoms with Gasteiger partial charge in [0.2, 0.25) is 0 Å². The summed E-state index contributed by atoms with van der Waals surface area (Å²) in [6, 6.07) is 9.54. The zero-order chi connectivity index (χ0) is 14.5. The van der Waals surface area contributed by atoms with Crippen molar-refractivity contribution >= 4 is 11.3 Å². The molecule has 1 heterocycles. The van der Waals surface area contributed by atoms with E-state index >= 15 is 0 Å². The lowest BCUT2D eigenvalue weighted by molar-refractivity contribution is 0.319. The smallest absolute Gasteiger partial charge is 0.0794 e. The molecule has 2 aromatic rings. The molecule has 1 aliphatic rings. The molecule has 0 saturated carbocycles. The Hall–Kier alpha value is -1.19. The van der Waals surface area contributed by atoms with Gasteiger partial charge in [0.05, 0.1) is 5.51 Å². The number of benzene rings is 1. The number of nitrogens with zero attached hydrogens (tertiary/aromatic N) is 1. The first-order valence-corrected chi connectivity index (χ1v) is 8.92. The van der Waals surface area contributed by atoms with Gasteiger partial charge in [-0.2, -0.15) is 0 Å². The van der Waals surface area contributed by atoms with Crippen molar-refractivity contribution in [3.63, 3.8) is 0 Å². The first-order chi connectivity index (χ1) is 10.4. The second-order valence-corrected chi connectivity index (χ2v) is 6.97. The molecule has 3 rings (SSSR count). The second-order valence-electron chi connectivity index (χ2n) is 6.00. The Balaban J connectivity index is 1.71. The van der Waals surface area contributed by atoms with Gasteiger partial charge < -0.3 is 5.32 Å². The van der Waals surface area contributed by atoms with Gasteiger partial charge in [-0.3, -0.25) is 4.98 Å². The van der Waals surface area contributed by atoms with Gasteiger partial charge in [0.15, 0.2) is 0 Å². The first kappa shape index (κ1) is 14.7. The van der Waals surface area contributed by atoms with Gasteiger partial charge in [0.1, 0.15) is 0 Å². The SMILES string of the molecule is CCCNC(Cc1cncs1)C1CCc2ccccc2C1. The second kappa shape index (κ2) is 7.19. The fourth-order valence-electron chi connectivity index (χ4n) is 3.36. The molecule has 1 aromatic heterocycles. The predicted molar refractivity (Wildman–Crippen MR) is 89.9 cm³/mol. The zero-order valence-electron chi connectivity index (χ0n) is 12.7. The minimum Gasteiger partial charge on any atom is -0.313 e. The highest BCUT2D eigenvalue weighted by molar-refractivity contribution is 7.09. The average molecular weight is 300 g/mol. The Bertz CT molecular complexity index is 550. The van der Waals surface area contributed by atoms with Crippen LogP contribution in [-0.2, 0) is 19.3 Å². The van der Waals surface area contributed by atoms with Gasteiger partial charge in [-0.1, -0.05) is 31.2 Å². The number of hydrogen-bond acceptors (Lipinski definition) is 3. The lowest BCUT2D eigenvalue weighted by Gasteiger charge is -2.32. The molecule has 112 valence electrons. The van der Waals surface area contributed by atoms with Crippen LogP contribution in [0.3, 0.4) is 0 Å². The summed E-state index contributed by atoms with van der Waals surface area (Å²) in [5.41, 5.74) is 5.06. The van der Waals surface area contributed by atoms with Crippen molar-refractivity contribution in [1.82, 2.24) is 10.3 Å². The molecule has 2 nitrogen and oxygen atoms in total. The highest BCUT2D eigenvalue weighted by Gasteiger charge is 2.26. The van der Waals surface area contributed by atoms with Crippen LogP contribution in [0.4, 0.5) is 0 Å². The molecule has 0 radical (unpaired) electrons. The Kier molecular flexibility index (Phi) is 5.04. The van der Waals surface area contributed by atoms with Crippen LogP contribution < -0.4 is 5.32 Å². The van der Waals surface area contributed by atoms with Crippen LogP contribution in [0.2, 0.25) is 0 Å². The van der Waals surface area contributed by atoms with Crippen LogP contribution in [0.25, 0.3) is 0 Å². The molecule has 0 amide bonds. The van der Waals surface area contributed by atoms with Crippen LogP contribution in [-0.4, -0.2) is 17.6 Å². The van der Waals surface area contributed by atoms with Crippen LogP contribution in [0.5, 0.6) is 0 Å². The highest BCUT2D eigenvalue weighted by Crippen LogP contribution is 2.29. The zero-order valence-corrected chi connectivity index (χ0v) is 13.5. The molecule has 0 spiro atoms. The molecule has 0 saturated heterocycles. The maximum atomic E-state index is 4.23. The van der Waals surface area contributed by atoms with Crippen molar-refractivity contribution < 1.29 is 0 Å². The summed E-state index contributed by atoms with van der Waals surface area (Å²) in [7, 11) is 0. The monoisotopic (exact) mass is 300 g/mol. The van der Waals surface area contributed by atoms with Crippen LogP contribution in [0.1, 0.15) is 35.8 Å². The van der Waals surface area contributed by atoms with E-state index in [-0.39, 0.29) is 0 Å². The third kappa shape index (κ3) is 3.72. The van der Waals surface area contributed by atoms with Crippen LogP contribution >= 0.6 is 11.3 Å². The molecule has 2 atom stereocenters. The Morgan fingerprint density at radius 3 is 2.95 bits per heavy atom. The van der Waals surface area contributed by atoms with E-state index in [1.165, 1.54) is 30.6 Å². The van der Waals surface area contributed by atoms with Crippen molar-refractivity contribution in [2.75, 3.05) is 6.54 Å². The van der Waals surface area contributed by atoms with Crippen LogP contribution in [0.15, 0.2) is 36.0 Å². The van der Waals surface area contributed by atoms with Crippen molar-refractivity contribution in [3.05, 3.63) is 52.0 Å². The van der Waals surface area contributed by atoms with E-state index in [1.807, 2.05) is 11.7 Å². The van der Waals surface area contributed by atoms with Gasteiger partial charge in [0.25, 0.3) is 0 Å². The van der Waals surface area contributed by atoms with Gasteiger partial charge in [-0.15, -0.1) is 11.3 Å². The van der Waals surface area contributed by atoms with E-state index in [4.69, 9.17) is 0 Å². The normalized spacial score (nSPS) is 19.2. The van der Waals surface area contributed by atoms with Gasteiger partial charge in [0, 0.05) is 17.1 Å². The fourth-order valence-corrected chi connectivity index (χ4v) is 4.02. The third-order valence-corrected chi connectivity index (χ3v) is 5.32. The van der Waals surface area contributed by atoms with E-state index in [0.29, 0.717) is 6.04 Å². The molecule has 0 bridgehead atoms. The molecule has 1 aromatic carbocycles. The summed E-state index contributed by atoms with van der Waals surface area (Å²) in [5.74, 6) is 0.744. The molecule has 3 heteroatoms. The van der Waals surface area contributed by atoms with E-state index in [2.05, 4.69) is 41.5 Å². The predicted octanol–water partition coefficient (Wildman–Crippen LogP) is 3.86. The summed E-state index contributed by atoms with van der Waals surface area (Å²) >= 11 is 1.78. The fraction of sp³-hybridized carbons (Fsp3) is 0.500. The van der Waals surface area contributed by atoms with Gasteiger partial charge >= 0.3 is 0 Å². The van der Waals surface area contributed by atoms with Gasteiger partial charge in [-0.05, 0) is 55.7 Å². The summed E-state index contributed by atoms with van der Waals surface area (Å²) in [6.45, 7) is 3.36. The van der Waals surface area contributed by atoms with E-state index in [0.717, 1.165) is 18.9 Å². The number of aromatic nitrogens is 1. The topological polar surface area (TPSA) is 24.9 Å². The first-order valence-electron chi connectivity index (χ1n) is 8.04. The van der Waals surface area contributed by atoms with Crippen molar-refractivity contribution in [1.29, 1.82) is 0 Å². The average Bonchev–Trinajstić information content (AvgIpc) is 3.04. The number of hydrogen-bond donors (Lipinski definition) is 1. The molecular formula is C18H24N2S. The Labute approximate surface area is 131 Å². The molecule has 0 aliphatic heterocycles. The van der Waals surface area contributed by atoms with E-state index < -0.39 is 0 Å². The Morgan fingerprint density at radius 1 is 1.33 bits per heavy atom. The molecule has 1 N–H and O–H groups in total. The van der Waals surface area contributed by atoms with Crippen molar-refractivity contribution in [3.8, 4) is 0 Å². The number of rotatable bonds is 6. The minimum absolute atomic E-state index is 0.582. The Morgan fingerprint density at radius 2 is 2.19 bits per heavy atom.